The molecule has 2 nitrogen and oxygen atoms in total. The van der Waals surface area contributed by atoms with E-state index in [-0.39, 0.29) is 16.3 Å². The molecular weight excluding hydrogens is 326 g/mol. The first kappa shape index (κ1) is 15.7. The third-order valence-corrected chi connectivity index (χ3v) is 3.22. The molecule has 2 rings (SSSR count). The second-order valence-corrected chi connectivity index (χ2v) is 5.00. The average Bonchev–Trinajstić information content (AvgIpc) is 2.42. The fourth-order valence-electron chi connectivity index (χ4n) is 1.60. The maximum absolute atomic E-state index is 12.4. The molecule has 0 aliphatic heterocycles. The van der Waals surface area contributed by atoms with Gasteiger partial charge in [-0.15, -0.1) is 0 Å². The molecule has 0 aliphatic carbocycles. The van der Waals surface area contributed by atoms with Gasteiger partial charge in [0, 0.05) is 10.6 Å². The van der Waals surface area contributed by atoms with Crippen molar-refractivity contribution in [2.75, 3.05) is 5.32 Å². The minimum Gasteiger partial charge on any atom is -0.321 e. The quantitative estimate of drug-likeness (QED) is 0.797. The Balaban J connectivity index is 2.19. The van der Waals surface area contributed by atoms with Gasteiger partial charge < -0.3 is 5.32 Å². The van der Waals surface area contributed by atoms with Crippen LogP contribution < -0.4 is 5.32 Å². The van der Waals surface area contributed by atoms with Crippen molar-refractivity contribution in [3.05, 3.63) is 63.6 Å². The van der Waals surface area contributed by atoms with E-state index in [1.807, 2.05) is 0 Å². The highest BCUT2D eigenvalue weighted by molar-refractivity contribution is 6.35. The lowest BCUT2D eigenvalue weighted by atomic mass is 10.1. The molecule has 0 saturated heterocycles. The molecular formula is C14H8Cl2F3NO. The summed E-state index contributed by atoms with van der Waals surface area (Å²) in [6.07, 6.45) is -4.44. The molecule has 0 radical (unpaired) electrons. The Hall–Kier alpha value is -1.72. The van der Waals surface area contributed by atoms with Crippen LogP contribution in [0.15, 0.2) is 42.5 Å². The predicted octanol–water partition coefficient (Wildman–Crippen LogP) is 5.26. The first-order valence-electron chi connectivity index (χ1n) is 5.71. The van der Waals surface area contributed by atoms with E-state index in [9.17, 15) is 18.0 Å². The summed E-state index contributed by atoms with van der Waals surface area (Å²) in [5.74, 6) is -0.576. The summed E-state index contributed by atoms with van der Waals surface area (Å²) in [5.41, 5.74) is -0.451. The highest BCUT2D eigenvalue weighted by atomic mass is 35.5. The van der Waals surface area contributed by atoms with Crippen molar-refractivity contribution in [1.29, 1.82) is 0 Å². The monoisotopic (exact) mass is 333 g/mol. The second kappa shape index (κ2) is 5.95. The summed E-state index contributed by atoms with van der Waals surface area (Å²) in [5, 5.41) is 3.14. The number of anilines is 1. The molecule has 0 bridgehead atoms. The Bertz CT molecular complexity index is 669. The van der Waals surface area contributed by atoms with Crippen LogP contribution in [0.1, 0.15) is 15.9 Å². The summed E-state index contributed by atoms with van der Waals surface area (Å²) in [6, 6.07) is 8.38. The van der Waals surface area contributed by atoms with Crippen molar-refractivity contribution in [1.82, 2.24) is 0 Å². The third-order valence-electron chi connectivity index (χ3n) is 2.65. The molecule has 2 aromatic carbocycles. The van der Waals surface area contributed by atoms with Crippen LogP contribution in [0.25, 0.3) is 0 Å². The number of carbonyl (C=O) groups excluding carboxylic acids is 1. The van der Waals surface area contributed by atoms with Crippen molar-refractivity contribution in [3.63, 3.8) is 0 Å². The fraction of sp³-hybridized carbons (Fsp3) is 0.0714. The van der Waals surface area contributed by atoms with Crippen LogP contribution in [0.5, 0.6) is 0 Å². The van der Waals surface area contributed by atoms with Gasteiger partial charge in [-0.25, -0.2) is 0 Å². The smallest absolute Gasteiger partial charge is 0.321 e. The second-order valence-electron chi connectivity index (χ2n) is 4.15. The van der Waals surface area contributed by atoms with Gasteiger partial charge in [-0.2, -0.15) is 13.2 Å². The molecule has 0 aromatic heterocycles. The molecule has 1 amide bonds. The molecule has 0 spiro atoms. The van der Waals surface area contributed by atoms with Gasteiger partial charge in [-0.1, -0.05) is 23.2 Å². The molecule has 1 N–H and O–H groups in total. The zero-order chi connectivity index (χ0) is 15.6. The Morgan fingerprint density at radius 2 is 1.62 bits per heavy atom. The number of hydrogen-bond donors (Lipinski definition) is 1. The van der Waals surface area contributed by atoms with Gasteiger partial charge in [0.1, 0.15) is 0 Å². The lowest BCUT2D eigenvalue weighted by molar-refractivity contribution is -0.137. The molecule has 7 heteroatoms. The van der Waals surface area contributed by atoms with Crippen molar-refractivity contribution in [2.45, 2.75) is 6.18 Å². The standard InChI is InChI=1S/C14H8Cl2F3NO/c15-10-5-6-11(16)12(7-10)20-13(21)8-1-3-9(4-2-8)14(17,18)19/h1-7H,(H,20,21). The van der Waals surface area contributed by atoms with Crippen LogP contribution in [-0.4, -0.2) is 5.91 Å². The number of nitrogens with one attached hydrogen (secondary N) is 1. The van der Waals surface area contributed by atoms with Crippen molar-refractivity contribution in [2.24, 2.45) is 0 Å². The van der Waals surface area contributed by atoms with Gasteiger partial charge in [0.15, 0.2) is 0 Å². The van der Waals surface area contributed by atoms with Gasteiger partial charge in [0.25, 0.3) is 5.91 Å². The maximum Gasteiger partial charge on any atom is 0.416 e. The Kier molecular flexibility index (Phi) is 4.44. The van der Waals surface area contributed by atoms with Gasteiger partial charge in [0.05, 0.1) is 16.3 Å². The molecule has 0 atom stereocenters. The van der Waals surface area contributed by atoms with E-state index in [2.05, 4.69) is 5.32 Å². The lowest BCUT2D eigenvalue weighted by Crippen LogP contribution is -2.13. The summed E-state index contributed by atoms with van der Waals surface area (Å²) >= 11 is 11.7. The van der Waals surface area contributed by atoms with E-state index in [1.54, 1.807) is 6.07 Å². The first-order valence-corrected chi connectivity index (χ1v) is 6.46. The Morgan fingerprint density at radius 1 is 1.00 bits per heavy atom. The van der Waals surface area contributed by atoms with Crippen molar-refractivity contribution in [3.8, 4) is 0 Å². The Labute approximate surface area is 128 Å². The predicted molar refractivity (Wildman–Crippen MR) is 75.9 cm³/mol. The van der Waals surface area contributed by atoms with Crippen LogP contribution in [0, 0.1) is 0 Å². The zero-order valence-electron chi connectivity index (χ0n) is 10.3. The van der Waals surface area contributed by atoms with E-state index in [1.165, 1.54) is 12.1 Å². The molecule has 21 heavy (non-hydrogen) atoms. The van der Waals surface area contributed by atoms with Crippen LogP contribution in [0.2, 0.25) is 10.0 Å². The summed E-state index contributed by atoms with van der Waals surface area (Å²) in [4.78, 5) is 11.9. The first-order chi connectivity index (χ1) is 9.77. The van der Waals surface area contributed by atoms with E-state index in [0.29, 0.717) is 5.02 Å². The molecule has 0 fully saturated rings. The summed E-state index contributed by atoms with van der Waals surface area (Å²) < 4.78 is 37.3. The molecule has 0 unspecified atom stereocenters. The highest BCUT2D eigenvalue weighted by Crippen LogP contribution is 2.29. The minimum absolute atomic E-state index is 0.0824. The van der Waals surface area contributed by atoms with Gasteiger partial charge in [-0.05, 0) is 42.5 Å². The van der Waals surface area contributed by atoms with E-state index in [4.69, 9.17) is 23.2 Å². The van der Waals surface area contributed by atoms with E-state index < -0.39 is 17.6 Å². The van der Waals surface area contributed by atoms with Crippen molar-refractivity contribution < 1.29 is 18.0 Å². The van der Waals surface area contributed by atoms with Gasteiger partial charge in [0.2, 0.25) is 0 Å². The normalized spacial score (nSPS) is 11.3. The van der Waals surface area contributed by atoms with Crippen molar-refractivity contribution >= 4 is 34.8 Å². The number of rotatable bonds is 2. The highest BCUT2D eigenvalue weighted by Gasteiger charge is 2.30. The molecule has 2 aromatic rings. The molecule has 0 heterocycles. The average molecular weight is 334 g/mol. The topological polar surface area (TPSA) is 29.1 Å². The number of amides is 1. The molecule has 0 saturated carbocycles. The summed E-state index contributed by atoms with van der Waals surface area (Å²) in [6.45, 7) is 0. The molecule has 110 valence electrons. The SMILES string of the molecule is O=C(Nc1cc(Cl)ccc1Cl)c1ccc(C(F)(F)F)cc1. The van der Waals surface area contributed by atoms with Gasteiger partial charge in [-0.3, -0.25) is 4.79 Å². The summed E-state index contributed by atoms with van der Waals surface area (Å²) in [7, 11) is 0. The largest absolute Gasteiger partial charge is 0.416 e. The minimum atomic E-state index is -4.44. The van der Waals surface area contributed by atoms with Crippen LogP contribution >= 0.6 is 23.2 Å². The van der Waals surface area contributed by atoms with E-state index in [0.717, 1.165) is 24.3 Å². The lowest BCUT2D eigenvalue weighted by Gasteiger charge is -2.09. The number of halogens is 5. The number of benzene rings is 2. The number of alkyl halides is 3. The fourth-order valence-corrected chi connectivity index (χ4v) is 1.94. The number of hydrogen-bond acceptors (Lipinski definition) is 1. The van der Waals surface area contributed by atoms with Crippen LogP contribution in [-0.2, 0) is 6.18 Å². The van der Waals surface area contributed by atoms with Crippen LogP contribution in [0.3, 0.4) is 0 Å². The molecule has 0 aliphatic rings. The zero-order valence-corrected chi connectivity index (χ0v) is 11.9. The maximum atomic E-state index is 12.4. The number of carbonyl (C=O) groups is 1. The Morgan fingerprint density at radius 3 is 2.19 bits per heavy atom. The van der Waals surface area contributed by atoms with E-state index >= 15 is 0 Å². The third kappa shape index (κ3) is 3.89. The van der Waals surface area contributed by atoms with Gasteiger partial charge >= 0.3 is 6.18 Å². The van der Waals surface area contributed by atoms with Crippen LogP contribution in [0.4, 0.5) is 18.9 Å².